The first-order valence-electron chi connectivity index (χ1n) is 8.90. The van der Waals surface area contributed by atoms with Crippen molar-refractivity contribution in [2.45, 2.75) is 13.8 Å². The van der Waals surface area contributed by atoms with Gasteiger partial charge in [0.25, 0.3) is 5.91 Å². The van der Waals surface area contributed by atoms with E-state index < -0.39 is 11.8 Å². The van der Waals surface area contributed by atoms with Crippen LogP contribution in [0.3, 0.4) is 0 Å². The highest BCUT2D eigenvalue weighted by molar-refractivity contribution is 7.80. The van der Waals surface area contributed by atoms with E-state index >= 15 is 0 Å². The Bertz CT molecular complexity index is 938. The van der Waals surface area contributed by atoms with E-state index in [4.69, 9.17) is 33.3 Å². The summed E-state index contributed by atoms with van der Waals surface area (Å²) in [4.78, 5) is 23.8. The Labute approximate surface area is 185 Å². The number of nitrogens with one attached hydrogen (secondary N) is 3. The number of carbonyl (C=O) groups excluding carboxylic acids is 2. The molecule has 9 heteroatoms. The van der Waals surface area contributed by atoms with Gasteiger partial charge in [0, 0.05) is 11.1 Å². The fourth-order valence-corrected chi connectivity index (χ4v) is 2.63. The molecule has 158 valence electrons. The highest BCUT2D eigenvalue weighted by atomic mass is 35.5. The second-order valence-electron chi connectivity index (χ2n) is 6.26. The molecule has 0 fully saturated rings. The summed E-state index contributed by atoms with van der Waals surface area (Å²) in [6, 6.07) is 10.7. The Kier molecular flexibility index (Phi) is 8.64. The van der Waals surface area contributed by atoms with Crippen molar-refractivity contribution < 1.29 is 19.1 Å². The van der Waals surface area contributed by atoms with Crippen LogP contribution < -0.4 is 25.6 Å². The van der Waals surface area contributed by atoms with Gasteiger partial charge in [0.2, 0.25) is 5.91 Å². The van der Waals surface area contributed by atoms with Crippen LogP contribution in [0.15, 0.2) is 42.5 Å². The van der Waals surface area contributed by atoms with Crippen molar-refractivity contribution >= 4 is 46.8 Å². The molecule has 0 heterocycles. The normalized spacial score (nSPS) is 10.4. The first-order valence-corrected chi connectivity index (χ1v) is 9.68. The lowest BCUT2D eigenvalue weighted by molar-refractivity contribution is -0.123. The largest absolute Gasteiger partial charge is 0.497 e. The molecule has 0 aliphatic carbocycles. The molecule has 7 nitrogen and oxygen atoms in total. The number of hydrogen-bond donors (Lipinski definition) is 3. The molecule has 0 bridgehead atoms. The molecule has 0 aromatic heterocycles. The van der Waals surface area contributed by atoms with E-state index in [1.54, 1.807) is 37.5 Å². The molecule has 0 unspecified atom stereocenters. The predicted molar refractivity (Wildman–Crippen MR) is 120 cm³/mol. The molecular formula is C21H22ClN3O4S. The van der Waals surface area contributed by atoms with E-state index in [1.165, 1.54) is 6.08 Å². The van der Waals surface area contributed by atoms with E-state index in [2.05, 4.69) is 16.2 Å². The third-order valence-electron chi connectivity index (χ3n) is 3.88. The molecule has 2 aromatic carbocycles. The van der Waals surface area contributed by atoms with E-state index in [0.29, 0.717) is 10.8 Å². The van der Waals surface area contributed by atoms with E-state index in [0.717, 1.165) is 22.4 Å². The maximum absolute atomic E-state index is 11.9. The fraction of sp³-hybridized carbons (Fsp3) is 0.190. The minimum atomic E-state index is -0.467. The number of hydrazine groups is 1. The van der Waals surface area contributed by atoms with Gasteiger partial charge in [-0.25, -0.2) is 0 Å². The number of rotatable bonds is 6. The van der Waals surface area contributed by atoms with Gasteiger partial charge in [-0.15, -0.1) is 0 Å². The number of methoxy groups -OCH3 is 1. The Hall–Kier alpha value is -3.10. The van der Waals surface area contributed by atoms with Crippen molar-refractivity contribution in [2.24, 2.45) is 0 Å². The lowest BCUT2D eigenvalue weighted by Crippen LogP contribution is -2.49. The van der Waals surface area contributed by atoms with Gasteiger partial charge in [-0.2, -0.15) is 0 Å². The number of carbonyl (C=O) groups is 2. The number of amides is 2. The predicted octanol–water partition coefficient (Wildman–Crippen LogP) is 3.08. The van der Waals surface area contributed by atoms with Crippen molar-refractivity contribution in [1.82, 2.24) is 16.2 Å². The zero-order chi connectivity index (χ0) is 22.1. The van der Waals surface area contributed by atoms with Gasteiger partial charge in [0.1, 0.15) is 11.5 Å². The summed E-state index contributed by atoms with van der Waals surface area (Å²) >= 11 is 11.1. The molecule has 0 saturated heterocycles. The van der Waals surface area contributed by atoms with Gasteiger partial charge in [-0.1, -0.05) is 23.7 Å². The van der Waals surface area contributed by atoms with Crippen molar-refractivity contribution in [1.29, 1.82) is 0 Å². The molecule has 2 amide bonds. The van der Waals surface area contributed by atoms with Crippen molar-refractivity contribution in [3.05, 3.63) is 64.2 Å². The smallest absolute Gasteiger partial charge is 0.276 e. The second-order valence-corrected chi connectivity index (χ2v) is 7.04. The topological polar surface area (TPSA) is 88.7 Å². The number of thiocarbonyl (C=S) groups is 1. The van der Waals surface area contributed by atoms with E-state index in [1.807, 2.05) is 26.0 Å². The van der Waals surface area contributed by atoms with Gasteiger partial charge in [0.05, 0.1) is 7.11 Å². The van der Waals surface area contributed by atoms with Crippen LogP contribution in [0.5, 0.6) is 11.5 Å². The van der Waals surface area contributed by atoms with Gasteiger partial charge < -0.3 is 9.47 Å². The Morgan fingerprint density at radius 3 is 2.30 bits per heavy atom. The maximum Gasteiger partial charge on any atom is 0.276 e. The van der Waals surface area contributed by atoms with Crippen LogP contribution in [0.4, 0.5) is 0 Å². The minimum Gasteiger partial charge on any atom is -0.497 e. The Balaban J connectivity index is 1.73. The van der Waals surface area contributed by atoms with Gasteiger partial charge >= 0.3 is 0 Å². The molecule has 30 heavy (non-hydrogen) atoms. The molecule has 0 aliphatic heterocycles. The highest BCUT2D eigenvalue weighted by Gasteiger charge is 2.07. The summed E-state index contributed by atoms with van der Waals surface area (Å²) < 4.78 is 10.5. The molecule has 2 rings (SSSR count). The fourth-order valence-electron chi connectivity index (χ4n) is 2.37. The second kappa shape index (κ2) is 11.2. The number of ether oxygens (including phenoxy) is 2. The summed E-state index contributed by atoms with van der Waals surface area (Å²) in [5.41, 5.74) is 7.33. The number of hydrogen-bond acceptors (Lipinski definition) is 5. The van der Waals surface area contributed by atoms with Crippen LogP contribution in [0.1, 0.15) is 16.7 Å². The standard InChI is InChI=1S/C21H22ClN3O4S/c1-13-10-17(11-14(2)20(13)22)29-12-19(27)24-25-21(30)23-18(26)9-6-15-4-7-16(28-3)8-5-15/h4-11H,12H2,1-3H3,(H,24,27)(H2,23,25,26,30)/b9-6+. The summed E-state index contributed by atoms with van der Waals surface area (Å²) in [5.74, 6) is 0.346. The van der Waals surface area contributed by atoms with Crippen LogP contribution in [0.25, 0.3) is 6.08 Å². The molecule has 0 spiro atoms. The van der Waals surface area contributed by atoms with E-state index in [-0.39, 0.29) is 11.7 Å². The monoisotopic (exact) mass is 447 g/mol. The highest BCUT2D eigenvalue weighted by Crippen LogP contribution is 2.25. The van der Waals surface area contributed by atoms with Gasteiger partial charge in [0.15, 0.2) is 11.7 Å². The van der Waals surface area contributed by atoms with Crippen LogP contribution in [-0.4, -0.2) is 30.6 Å². The van der Waals surface area contributed by atoms with Crippen LogP contribution >= 0.6 is 23.8 Å². The third kappa shape index (κ3) is 7.38. The van der Waals surface area contributed by atoms with Crippen molar-refractivity contribution in [3.8, 4) is 11.5 Å². The SMILES string of the molecule is COc1ccc(/C=C/C(=O)NC(=S)NNC(=O)COc2cc(C)c(Cl)c(C)c2)cc1. The van der Waals surface area contributed by atoms with Crippen LogP contribution in [0.2, 0.25) is 5.02 Å². The first-order chi connectivity index (χ1) is 14.3. The average molecular weight is 448 g/mol. The zero-order valence-corrected chi connectivity index (χ0v) is 18.3. The van der Waals surface area contributed by atoms with Gasteiger partial charge in [-0.05, 0) is 73.1 Å². The molecule has 0 saturated carbocycles. The van der Waals surface area contributed by atoms with E-state index in [9.17, 15) is 9.59 Å². The summed E-state index contributed by atoms with van der Waals surface area (Å²) in [7, 11) is 1.58. The van der Waals surface area contributed by atoms with Crippen LogP contribution in [-0.2, 0) is 9.59 Å². The molecular weight excluding hydrogens is 426 g/mol. The summed E-state index contributed by atoms with van der Waals surface area (Å²) in [6.45, 7) is 3.48. The molecule has 0 atom stereocenters. The quantitative estimate of drug-likeness (QED) is 0.358. The van der Waals surface area contributed by atoms with Crippen LogP contribution in [0, 0.1) is 13.8 Å². The molecule has 0 radical (unpaired) electrons. The maximum atomic E-state index is 11.9. The van der Waals surface area contributed by atoms with Crippen molar-refractivity contribution in [3.63, 3.8) is 0 Å². The molecule has 3 N–H and O–H groups in total. The molecule has 2 aromatic rings. The first kappa shape index (κ1) is 23.2. The summed E-state index contributed by atoms with van der Waals surface area (Å²) in [6.07, 6.45) is 2.95. The average Bonchev–Trinajstić information content (AvgIpc) is 2.73. The lowest BCUT2D eigenvalue weighted by Gasteiger charge is -2.12. The lowest BCUT2D eigenvalue weighted by atomic mass is 10.1. The number of aryl methyl sites for hydroxylation is 2. The van der Waals surface area contributed by atoms with Crippen molar-refractivity contribution in [2.75, 3.05) is 13.7 Å². The van der Waals surface area contributed by atoms with Gasteiger partial charge in [-0.3, -0.25) is 25.8 Å². The molecule has 0 aliphatic rings. The third-order valence-corrected chi connectivity index (χ3v) is 4.68. The number of benzene rings is 2. The zero-order valence-electron chi connectivity index (χ0n) is 16.7. The Morgan fingerprint density at radius 2 is 1.70 bits per heavy atom. The number of halogens is 1. The summed E-state index contributed by atoms with van der Waals surface area (Å²) in [5, 5.41) is 3.04. The minimum absolute atomic E-state index is 0.0501. The Morgan fingerprint density at radius 1 is 1.07 bits per heavy atom.